The van der Waals surface area contributed by atoms with E-state index in [1.165, 1.54) is 12.8 Å². The predicted octanol–water partition coefficient (Wildman–Crippen LogP) is 2.94. The zero-order valence-electron chi connectivity index (χ0n) is 10.4. The molecule has 1 aliphatic rings. The van der Waals surface area contributed by atoms with Gasteiger partial charge in [-0.3, -0.25) is 0 Å². The Morgan fingerprint density at radius 3 is 2.83 bits per heavy atom. The monoisotopic (exact) mass is 313 g/mol. The highest BCUT2D eigenvalue weighted by Crippen LogP contribution is 2.23. The number of aromatic hydroxyl groups is 1. The molecule has 0 saturated heterocycles. The van der Waals surface area contributed by atoms with E-state index in [2.05, 4.69) is 21.2 Å². The highest BCUT2D eigenvalue weighted by molar-refractivity contribution is 9.10. The molecule has 2 atom stereocenters. The van der Waals surface area contributed by atoms with Crippen molar-refractivity contribution in [1.29, 1.82) is 0 Å². The van der Waals surface area contributed by atoms with E-state index >= 15 is 0 Å². The fourth-order valence-corrected chi connectivity index (χ4v) is 2.87. The second-order valence-corrected chi connectivity index (χ2v) is 5.88. The van der Waals surface area contributed by atoms with Gasteiger partial charge in [0, 0.05) is 22.6 Å². The molecule has 1 saturated carbocycles. The molecule has 1 aromatic rings. The fourth-order valence-electron chi connectivity index (χ4n) is 2.46. The van der Waals surface area contributed by atoms with E-state index in [1.54, 1.807) is 6.07 Å². The third kappa shape index (κ3) is 3.70. The summed E-state index contributed by atoms with van der Waals surface area (Å²) in [6, 6.07) is 5.56. The van der Waals surface area contributed by atoms with E-state index in [0.717, 1.165) is 29.3 Å². The fraction of sp³-hybridized carbons (Fsp3) is 0.571. The van der Waals surface area contributed by atoms with Gasteiger partial charge in [-0.25, -0.2) is 0 Å². The lowest BCUT2D eigenvalue weighted by Crippen LogP contribution is -2.38. The van der Waals surface area contributed by atoms with Crippen LogP contribution in [0.15, 0.2) is 22.7 Å². The molecular weight excluding hydrogens is 294 g/mol. The first-order chi connectivity index (χ1) is 8.66. The molecule has 0 bridgehead atoms. The Kier molecular flexibility index (Phi) is 5.03. The van der Waals surface area contributed by atoms with Gasteiger partial charge in [0.1, 0.15) is 5.75 Å². The molecule has 0 spiro atoms. The molecule has 0 heterocycles. The van der Waals surface area contributed by atoms with Gasteiger partial charge in [0.05, 0.1) is 6.10 Å². The Balaban J connectivity index is 1.95. The number of hydrogen-bond donors (Lipinski definition) is 3. The lowest BCUT2D eigenvalue weighted by molar-refractivity contribution is 0.119. The third-order valence-corrected chi connectivity index (χ3v) is 4.07. The van der Waals surface area contributed by atoms with E-state index in [4.69, 9.17) is 0 Å². The highest BCUT2D eigenvalue weighted by atomic mass is 79.9. The minimum absolute atomic E-state index is 0.144. The first-order valence-corrected chi connectivity index (χ1v) is 7.35. The van der Waals surface area contributed by atoms with Gasteiger partial charge >= 0.3 is 0 Å². The maximum absolute atomic E-state index is 10.0. The summed E-state index contributed by atoms with van der Waals surface area (Å²) in [6.07, 6.45) is 5.11. The van der Waals surface area contributed by atoms with Crippen molar-refractivity contribution in [2.45, 2.75) is 50.8 Å². The minimum atomic E-state index is -0.262. The summed E-state index contributed by atoms with van der Waals surface area (Å²) in [5.41, 5.74) is 0.862. The van der Waals surface area contributed by atoms with Crippen molar-refractivity contribution in [3.8, 4) is 5.75 Å². The van der Waals surface area contributed by atoms with Crippen LogP contribution in [-0.2, 0) is 6.54 Å². The number of phenolic OH excluding ortho intramolecular Hbond substituents is 1. The van der Waals surface area contributed by atoms with Gasteiger partial charge in [-0.15, -0.1) is 0 Å². The molecule has 0 radical (unpaired) electrons. The number of halogens is 1. The summed E-state index contributed by atoms with van der Waals surface area (Å²) < 4.78 is 0.957. The Hall–Kier alpha value is -0.580. The summed E-state index contributed by atoms with van der Waals surface area (Å²) in [6.45, 7) is 0.590. The van der Waals surface area contributed by atoms with Crippen molar-refractivity contribution >= 4 is 15.9 Å². The van der Waals surface area contributed by atoms with Gasteiger partial charge in [0.25, 0.3) is 0 Å². The zero-order chi connectivity index (χ0) is 13.0. The Morgan fingerprint density at radius 1 is 1.22 bits per heavy atom. The van der Waals surface area contributed by atoms with Crippen LogP contribution >= 0.6 is 15.9 Å². The topological polar surface area (TPSA) is 52.5 Å². The number of rotatable bonds is 3. The maximum atomic E-state index is 10.0. The molecule has 2 unspecified atom stereocenters. The maximum Gasteiger partial charge on any atom is 0.120 e. The molecule has 1 aliphatic carbocycles. The first-order valence-electron chi connectivity index (χ1n) is 6.55. The normalized spacial score (nSPS) is 24.8. The van der Waals surface area contributed by atoms with Gasteiger partial charge in [0.15, 0.2) is 0 Å². The van der Waals surface area contributed by atoms with Crippen molar-refractivity contribution < 1.29 is 10.2 Å². The van der Waals surface area contributed by atoms with E-state index < -0.39 is 0 Å². The van der Waals surface area contributed by atoms with Crippen molar-refractivity contribution in [2.24, 2.45) is 0 Å². The Morgan fingerprint density at radius 2 is 2.00 bits per heavy atom. The molecule has 4 heteroatoms. The Bertz CT molecular complexity index is 397. The summed E-state index contributed by atoms with van der Waals surface area (Å²) >= 11 is 3.40. The van der Waals surface area contributed by atoms with Crippen LogP contribution in [0.1, 0.15) is 37.7 Å². The number of nitrogens with one attached hydrogen (secondary N) is 1. The molecule has 1 fully saturated rings. The number of aliphatic hydroxyl groups is 1. The quantitative estimate of drug-likeness (QED) is 0.752. The SMILES string of the molecule is Oc1ccc(Br)cc1CNC1CCCCCC1O. The van der Waals surface area contributed by atoms with Crippen LogP contribution in [0.25, 0.3) is 0 Å². The van der Waals surface area contributed by atoms with Gasteiger partial charge in [-0.1, -0.05) is 35.2 Å². The molecule has 0 aliphatic heterocycles. The molecule has 18 heavy (non-hydrogen) atoms. The van der Waals surface area contributed by atoms with Gasteiger partial charge in [-0.2, -0.15) is 0 Å². The van der Waals surface area contributed by atoms with Crippen LogP contribution in [-0.4, -0.2) is 22.4 Å². The van der Waals surface area contributed by atoms with Gasteiger partial charge in [0.2, 0.25) is 0 Å². The van der Waals surface area contributed by atoms with Gasteiger partial charge < -0.3 is 15.5 Å². The van der Waals surface area contributed by atoms with Crippen molar-refractivity contribution in [3.63, 3.8) is 0 Å². The molecular formula is C14H20BrNO2. The molecule has 0 amide bonds. The van der Waals surface area contributed by atoms with E-state index in [1.807, 2.05) is 12.1 Å². The molecule has 100 valence electrons. The standard InChI is InChI=1S/C14H20BrNO2/c15-11-6-7-13(17)10(8-11)9-16-12-4-2-1-3-5-14(12)18/h6-8,12,14,16-18H,1-5,9H2. The number of benzene rings is 1. The molecule has 0 aromatic heterocycles. The van der Waals surface area contributed by atoms with Crippen LogP contribution in [0, 0.1) is 0 Å². The lowest BCUT2D eigenvalue weighted by atomic mass is 10.1. The minimum Gasteiger partial charge on any atom is -0.508 e. The predicted molar refractivity (Wildman–Crippen MR) is 75.5 cm³/mol. The summed E-state index contributed by atoms with van der Waals surface area (Å²) in [7, 11) is 0. The number of hydrogen-bond acceptors (Lipinski definition) is 3. The van der Waals surface area contributed by atoms with E-state index in [0.29, 0.717) is 12.3 Å². The van der Waals surface area contributed by atoms with E-state index in [9.17, 15) is 10.2 Å². The molecule has 2 rings (SSSR count). The van der Waals surface area contributed by atoms with E-state index in [-0.39, 0.29) is 12.1 Å². The van der Waals surface area contributed by atoms with Crippen LogP contribution in [0.4, 0.5) is 0 Å². The largest absolute Gasteiger partial charge is 0.508 e. The highest BCUT2D eigenvalue weighted by Gasteiger charge is 2.21. The summed E-state index contributed by atoms with van der Waals surface area (Å²) in [4.78, 5) is 0. The average molecular weight is 314 g/mol. The van der Waals surface area contributed by atoms with Crippen LogP contribution < -0.4 is 5.32 Å². The zero-order valence-corrected chi connectivity index (χ0v) is 12.0. The van der Waals surface area contributed by atoms with Gasteiger partial charge in [-0.05, 0) is 31.0 Å². The average Bonchev–Trinajstić information content (AvgIpc) is 2.55. The molecule has 3 N–H and O–H groups in total. The van der Waals surface area contributed by atoms with Crippen molar-refractivity contribution in [3.05, 3.63) is 28.2 Å². The summed E-state index contributed by atoms with van der Waals surface area (Å²) in [5.74, 6) is 0.300. The Labute approximate surface area is 116 Å². The smallest absolute Gasteiger partial charge is 0.120 e. The van der Waals surface area contributed by atoms with Crippen LogP contribution in [0.3, 0.4) is 0 Å². The van der Waals surface area contributed by atoms with Crippen molar-refractivity contribution in [1.82, 2.24) is 5.32 Å². The third-order valence-electron chi connectivity index (χ3n) is 3.58. The number of aliphatic hydroxyl groups excluding tert-OH is 1. The second-order valence-electron chi connectivity index (χ2n) is 4.97. The first kappa shape index (κ1) is 13.8. The number of phenols is 1. The second kappa shape index (κ2) is 6.55. The molecule has 1 aromatic carbocycles. The molecule has 3 nitrogen and oxygen atoms in total. The van der Waals surface area contributed by atoms with Crippen molar-refractivity contribution in [2.75, 3.05) is 0 Å². The van der Waals surface area contributed by atoms with Crippen LogP contribution in [0.5, 0.6) is 5.75 Å². The lowest BCUT2D eigenvalue weighted by Gasteiger charge is -2.22. The summed E-state index contributed by atoms with van der Waals surface area (Å²) in [5, 5.41) is 23.1. The van der Waals surface area contributed by atoms with Crippen LogP contribution in [0.2, 0.25) is 0 Å².